The Hall–Kier alpha value is -1.73. The smallest absolute Gasteiger partial charge is 0.358 e. The molecule has 0 radical (unpaired) electrons. The topological polar surface area (TPSA) is 80.0 Å². The number of nitrogens with one attached hydrogen (secondary N) is 1. The number of carbonyl (C=O) groups is 1. The Morgan fingerprint density at radius 3 is 3.11 bits per heavy atom. The third-order valence-electron chi connectivity index (χ3n) is 2.78. The van der Waals surface area contributed by atoms with Crippen LogP contribution in [0.25, 0.3) is 0 Å². The van der Waals surface area contributed by atoms with Crippen molar-refractivity contribution in [1.29, 1.82) is 0 Å². The van der Waals surface area contributed by atoms with Crippen LogP contribution in [0, 0.1) is 0 Å². The minimum absolute atomic E-state index is 0.0217. The average molecular weight is 280 g/mol. The average Bonchev–Trinajstić information content (AvgIpc) is 3.03. The summed E-state index contributed by atoms with van der Waals surface area (Å²) in [6.07, 6.45) is 2.48. The molecule has 0 aromatic carbocycles. The zero-order valence-electron chi connectivity index (χ0n) is 10.7. The van der Waals surface area contributed by atoms with Crippen molar-refractivity contribution in [3.05, 3.63) is 33.8 Å². The number of thiophene rings is 1. The predicted octanol–water partition coefficient (Wildman–Crippen LogP) is 1.39. The van der Waals surface area contributed by atoms with Crippen LogP contribution in [0.3, 0.4) is 0 Å². The van der Waals surface area contributed by atoms with Crippen LogP contribution in [0.1, 0.15) is 27.9 Å². The molecular weight excluding hydrogens is 264 g/mol. The lowest BCUT2D eigenvalue weighted by Crippen LogP contribution is -2.19. The second-order valence-corrected chi connectivity index (χ2v) is 5.07. The highest BCUT2D eigenvalue weighted by molar-refractivity contribution is 7.10. The van der Waals surface area contributed by atoms with E-state index in [1.54, 1.807) is 11.3 Å². The first-order valence-corrected chi connectivity index (χ1v) is 6.98. The molecule has 102 valence electrons. The maximum absolute atomic E-state index is 10.6. The number of carboxylic acid groups (broad SMARTS) is 1. The highest BCUT2D eigenvalue weighted by Gasteiger charge is 2.07. The van der Waals surface area contributed by atoms with Gasteiger partial charge in [-0.15, -0.1) is 16.4 Å². The molecule has 0 amide bonds. The number of aromatic carboxylic acids is 1. The minimum atomic E-state index is -1.05. The third kappa shape index (κ3) is 3.62. The molecule has 0 atom stereocenters. The maximum Gasteiger partial charge on any atom is 0.358 e. The van der Waals surface area contributed by atoms with E-state index in [0.717, 1.165) is 19.5 Å². The summed E-state index contributed by atoms with van der Waals surface area (Å²) < 4.78 is 1.53. The number of rotatable bonds is 7. The van der Waals surface area contributed by atoms with Gasteiger partial charge in [0.05, 0.1) is 12.7 Å². The first-order valence-electron chi connectivity index (χ1n) is 6.10. The molecule has 2 rings (SSSR count). The fraction of sp³-hybridized carbons (Fsp3) is 0.417. The Labute approximate surface area is 115 Å². The molecule has 2 heterocycles. The van der Waals surface area contributed by atoms with Gasteiger partial charge in [0.25, 0.3) is 0 Å². The SMILES string of the molecule is CCc1ccsc1CNCCn1cc(C(=O)O)nn1. The van der Waals surface area contributed by atoms with E-state index in [4.69, 9.17) is 5.11 Å². The molecule has 6 nitrogen and oxygen atoms in total. The fourth-order valence-corrected chi connectivity index (χ4v) is 2.68. The maximum atomic E-state index is 10.6. The number of aromatic nitrogens is 3. The molecule has 0 unspecified atom stereocenters. The van der Waals surface area contributed by atoms with E-state index in [1.807, 2.05) is 0 Å². The van der Waals surface area contributed by atoms with Gasteiger partial charge in [-0.1, -0.05) is 12.1 Å². The van der Waals surface area contributed by atoms with Gasteiger partial charge in [-0.05, 0) is 23.4 Å². The first kappa shape index (κ1) is 13.7. The van der Waals surface area contributed by atoms with Crippen molar-refractivity contribution < 1.29 is 9.90 Å². The van der Waals surface area contributed by atoms with E-state index >= 15 is 0 Å². The summed E-state index contributed by atoms with van der Waals surface area (Å²) in [5.41, 5.74) is 1.36. The lowest BCUT2D eigenvalue weighted by molar-refractivity contribution is 0.0690. The van der Waals surface area contributed by atoms with Crippen LogP contribution in [0.15, 0.2) is 17.6 Å². The summed E-state index contributed by atoms with van der Waals surface area (Å²) in [6.45, 7) is 4.31. The molecule has 0 aliphatic rings. The van der Waals surface area contributed by atoms with Gasteiger partial charge in [-0.3, -0.25) is 4.68 Å². The van der Waals surface area contributed by atoms with Crippen LogP contribution in [-0.2, 0) is 19.5 Å². The summed E-state index contributed by atoms with van der Waals surface area (Å²) in [5, 5.41) is 21.5. The van der Waals surface area contributed by atoms with Crippen LogP contribution in [0.5, 0.6) is 0 Å². The molecule has 2 aromatic rings. The van der Waals surface area contributed by atoms with Gasteiger partial charge in [-0.2, -0.15) is 0 Å². The van der Waals surface area contributed by atoms with Gasteiger partial charge in [0.15, 0.2) is 5.69 Å². The standard InChI is InChI=1S/C12H16N4O2S/c1-2-9-3-6-19-11(9)7-13-4-5-16-8-10(12(17)18)14-15-16/h3,6,8,13H,2,4-5,7H2,1H3,(H,17,18). The number of aryl methyl sites for hydroxylation is 1. The summed E-state index contributed by atoms with van der Waals surface area (Å²) >= 11 is 1.75. The molecule has 0 aliphatic carbocycles. The molecular formula is C12H16N4O2S. The summed E-state index contributed by atoms with van der Waals surface area (Å²) in [4.78, 5) is 12.0. The van der Waals surface area contributed by atoms with Crippen LogP contribution in [0.2, 0.25) is 0 Å². The first-order chi connectivity index (χ1) is 9.20. The molecule has 0 aliphatic heterocycles. The van der Waals surface area contributed by atoms with Crippen molar-refractivity contribution >= 4 is 17.3 Å². The van der Waals surface area contributed by atoms with Crippen molar-refractivity contribution in [2.24, 2.45) is 0 Å². The van der Waals surface area contributed by atoms with Crippen LogP contribution in [-0.4, -0.2) is 32.6 Å². The van der Waals surface area contributed by atoms with Crippen molar-refractivity contribution in [2.75, 3.05) is 6.54 Å². The molecule has 2 aromatic heterocycles. The Morgan fingerprint density at radius 2 is 2.42 bits per heavy atom. The lowest BCUT2D eigenvalue weighted by Gasteiger charge is -2.04. The van der Waals surface area contributed by atoms with Gasteiger partial charge >= 0.3 is 5.97 Å². The van der Waals surface area contributed by atoms with E-state index in [2.05, 4.69) is 34.0 Å². The molecule has 0 saturated carbocycles. The number of carboxylic acids is 1. The quantitative estimate of drug-likeness (QED) is 0.749. The van der Waals surface area contributed by atoms with Gasteiger partial charge in [-0.25, -0.2) is 4.79 Å². The van der Waals surface area contributed by atoms with Gasteiger partial charge in [0.1, 0.15) is 0 Å². The van der Waals surface area contributed by atoms with Crippen molar-refractivity contribution in [3.8, 4) is 0 Å². The molecule has 7 heteroatoms. The minimum Gasteiger partial charge on any atom is -0.476 e. The van der Waals surface area contributed by atoms with E-state index in [9.17, 15) is 4.79 Å². The fourth-order valence-electron chi connectivity index (χ4n) is 1.74. The molecule has 19 heavy (non-hydrogen) atoms. The van der Waals surface area contributed by atoms with Crippen LogP contribution in [0.4, 0.5) is 0 Å². The van der Waals surface area contributed by atoms with Crippen molar-refractivity contribution in [3.63, 3.8) is 0 Å². The van der Waals surface area contributed by atoms with E-state index in [1.165, 1.54) is 21.3 Å². The van der Waals surface area contributed by atoms with Gasteiger partial charge in [0.2, 0.25) is 0 Å². The summed E-state index contributed by atoms with van der Waals surface area (Å²) in [6, 6.07) is 2.15. The number of hydrogen-bond donors (Lipinski definition) is 2. The second-order valence-electron chi connectivity index (χ2n) is 4.07. The largest absolute Gasteiger partial charge is 0.476 e. The Kier molecular flexibility index (Phi) is 4.64. The Morgan fingerprint density at radius 1 is 1.58 bits per heavy atom. The third-order valence-corrected chi connectivity index (χ3v) is 3.74. The number of nitrogens with zero attached hydrogens (tertiary/aromatic N) is 3. The molecule has 0 spiro atoms. The summed E-state index contributed by atoms with van der Waals surface area (Å²) in [7, 11) is 0. The zero-order chi connectivity index (χ0) is 13.7. The van der Waals surface area contributed by atoms with Gasteiger partial charge in [0, 0.05) is 18.0 Å². The Bertz CT molecular complexity index is 549. The molecule has 0 saturated heterocycles. The molecule has 2 N–H and O–H groups in total. The summed E-state index contributed by atoms with van der Waals surface area (Å²) in [5.74, 6) is -1.05. The van der Waals surface area contributed by atoms with Crippen LogP contribution < -0.4 is 5.32 Å². The van der Waals surface area contributed by atoms with E-state index in [0.29, 0.717) is 6.54 Å². The monoisotopic (exact) mass is 280 g/mol. The molecule has 0 fully saturated rings. The normalized spacial score (nSPS) is 10.8. The van der Waals surface area contributed by atoms with E-state index < -0.39 is 5.97 Å². The zero-order valence-corrected chi connectivity index (χ0v) is 11.5. The van der Waals surface area contributed by atoms with Gasteiger partial charge < -0.3 is 10.4 Å². The highest BCUT2D eigenvalue weighted by atomic mass is 32.1. The Balaban J connectivity index is 1.76. The van der Waals surface area contributed by atoms with Crippen molar-refractivity contribution in [2.45, 2.75) is 26.4 Å². The second kappa shape index (κ2) is 6.44. The van der Waals surface area contributed by atoms with E-state index in [-0.39, 0.29) is 5.69 Å². The predicted molar refractivity (Wildman–Crippen MR) is 72.4 cm³/mol. The lowest BCUT2D eigenvalue weighted by atomic mass is 10.2. The van der Waals surface area contributed by atoms with Crippen molar-refractivity contribution in [1.82, 2.24) is 20.3 Å². The van der Waals surface area contributed by atoms with Crippen LogP contribution >= 0.6 is 11.3 Å². The highest BCUT2D eigenvalue weighted by Crippen LogP contribution is 2.16. The number of hydrogen-bond acceptors (Lipinski definition) is 5. The molecule has 0 bridgehead atoms.